The molecule has 0 amide bonds. The van der Waals surface area contributed by atoms with E-state index < -0.39 is 70.6 Å². The molecule has 0 spiro atoms. The van der Waals surface area contributed by atoms with E-state index in [1.165, 1.54) is 21.1 Å². The number of rotatable bonds is 11. The molecule has 0 aliphatic rings. The first-order valence-electron chi connectivity index (χ1n) is 8.01. The van der Waals surface area contributed by atoms with Crippen molar-refractivity contribution in [3.05, 3.63) is 0 Å². The Morgan fingerprint density at radius 1 is 0.742 bits per heavy atom. The van der Waals surface area contributed by atoms with Gasteiger partial charge in [0.05, 0.1) is 27.7 Å². The Bertz CT molecular complexity index is 643. The highest BCUT2D eigenvalue weighted by molar-refractivity contribution is 7.85. The van der Waals surface area contributed by atoms with Gasteiger partial charge in [0.25, 0.3) is 0 Å². The van der Waals surface area contributed by atoms with Crippen molar-refractivity contribution in [1.82, 2.24) is 0 Å². The summed E-state index contributed by atoms with van der Waals surface area (Å²) in [5.41, 5.74) is 0. The Labute approximate surface area is 170 Å². The highest BCUT2D eigenvalue weighted by atomic mass is 32.2. The molecule has 0 fully saturated rings. The van der Waals surface area contributed by atoms with E-state index in [9.17, 15) is 66.4 Å². The van der Waals surface area contributed by atoms with Crippen LogP contribution in [0.5, 0.6) is 0 Å². The molecule has 0 saturated carbocycles. The molecule has 0 aromatic heterocycles. The lowest BCUT2D eigenvalue weighted by molar-refractivity contribution is -0.879. The van der Waals surface area contributed by atoms with Crippen LogP contribution in [-0.4, -0.2) is 89.8 Å². The summed E-state index contributed by atoms with van der Waals surface area (Å²) in [6.07, 6.45) is -11.7. The third-order valence-corrected chi connectivity index (χ3v) is 5.17. The molecule has 0 aliphatic heterocycles. The Morgan fingerprint density at radius 2 is 1.13 bits per heavy atom. The van der Waals surface area contributed by atoms with Gasteiger partial charge in [-0.2, -0.15) is 57.1 Å². The lowest BCUT2D eigenvalue weighted by Crippen LogP contribution is -2.70. The van der Waals surface area contributed by atoms with Gasteiger partial charge in [-0.05, 0) is 0 Å². The van der Waals surface area contributed by atoms with Gasteiger partial charge in [-0.1, -0.05) is 6.10 Å². The van der Waals surface area contributed by atoms with Gasteiger partial charge in [0, 0.05) is 28.7 Å². The van der Waals surface area contributed by atoms with Crippen LogP contribution < -0.4 is 5.11 Å². The summed E-state index contributed by atoms with van der Waals surface area (Å²) >= 11 is 0. The maximum atomic E-state index is 13.6. The van der Waals surface area contributed by atoms with Gasteiger partial charge < -0.3 is 9.59 Å². The van der Waals surface area contributed by atoms with Crippen LogP contribution in [0, 0.1) is 0 Å². The number of likely N-dealkylation sites (N-methyl/N-ethyl adjacent to an activating group) is 1. The van der Waals surface area contributed by atoms with Gasteiger partial charge in [-0.3, -0.25) is 4.21 Å². The summed E-state index contributed by atoms with van der Waals surface area (Å²) in [5, 5.41) is 11.6. The van der Waals surface area contributed by atoms with Gasteiger partial charge in [-0.25, -0.2) is 0 Å². The summed E-state index contributed by atoms with van der Waals surface area (Å²) < 4.78 is 180. The van der Waals surface area contributed by atoms with Crippen LogP contribution in [0.3, 0.4) is 0 Å². The quantitative estimate of drug-likeness (QED) is 0.316. The maximum absolute atomic E-state index is 13.6. The molecule has 0 aromatic rings. The molecule has 2 atom stereocenters. The van der Waals surface area contributed by atoms with Gasteiger partial charge in [0.1, 0.15) is 0 Å². The zero-order chi connectivity index (χ0) is 25.5. The molecule has 0 saturated heterocycles. The number of halogens is 13. The van der Waals surface area contributed by atoms with E-state index in [0.717, 1.165) is 0 Å². The predicted octanol–water partition coefficient (Wildman–Crippen LogP) is 3.30. The van der Waals surface area contributed by atoms with Gasteiger partial charge in [0.15, 0.2) is 0 Å². The van der Waals surface area contributed by atoms with Crippen molar-refractivity contribution in [2.24, 2.45) is 0 Å². The van der Waals surface area contributed by atoms with Crippen molar-refractivity contribution in [2.75, 3.05) is 39.2 Å². The Kier molecular flexibility index (Phi) is 8.60. The summed E-state index contributed by atoms with van der Waals surface area (Å²) in [6, 6.07) is 0. The zero-order valence-electron chi connectivity index (χ0n) is 16.0. The second kappa shape index (κ2) is 8.83. The third kappa shape index (κ3) is 6.15. The highest BCUT2D eigenvalue weighted by Gasteiger charge is 2.90. The number of quaternary nitrogens is 1. The van der Waals surface area contributed by atoms with Gasteiger partial charge in [0.2, 0.25) is 0 Å². The van der Waals surface area contributed by atoms with Crippen molar-refractivity contribution in [2.45, 2.75) is 48.3 Å². The van der Waals surface area contributed by atoms with Crippen molar-refractivity contribution in [1.29, 1.82) is 0 Å². The highest BCUT2D eigenvalue weighted by Crippen LogP contribution is 2.60. The van der Waals surface area contributed by atoms with Crippen LogP contribution in [0.2, 0.25) is 0 Å². The largest absolute Gasteiger partial charge is 0.847 e. The van der Waals surface area contributed by atoms with E-state index in [0.29, 0.717) is 0 Å². The minimum atomic E-state index is -7.96. The molecule has 17 heteroatoms. The first-order valence-corrected chi connectivity index (χ1v) is 9.50. The molecule has 0 aliphatic carbocycles. The fraction of sp³-hybridized carbons (Fsp3) is 1.00. The molecular weight excluding hydrogens is 493 g/mol. The SMILES string of the molecule is C[N+](C)(C)CC([O-])CS(=O)CCC(F)(F)C(F)(F)C(F)(F)C(F)(F)C(F)(F)C(F)(F)F. The van der Waals surface area contributed by atoms with E-state index in [1.54, 1.807) is 0 Å². The minimum Gasteiger partial charge on any atom is -0.847 e. The molecule has 0 N–H and O–H groups in total. The molecule has 188 valence electrons. The zero-order valence-corrected chi connectivity index (χ0v) is 16.8. The number of hydrogen-bond donors (Lipinski definition) is 0. The van der Waals surface area contributed by atoms with Gasteiger partial charge in [-0.15, -0.1) is 0 Å². The number of nitrogens with zero attached hydrogens (tertiary/aromatic N) is 1. The lowest BCUT2D eigenvalue weighted by atomic mass is 9.93. The molecule has 31 heavy (non-hydrogen) atoms. The van der Waals surface area contributed by atoms with E-state index in [4.69, 9.17) is 0 Å². The van der Waals surface area contributed by atoms with E-state index in [1.807, 2.05) is 0 Å². The van der Waals surface area contributed by atoms with E-state index >= 15 is 0 Å². The monoisotopic (exact) mass is 511 g/mol. The summed E-state index contributed by atoms with van der Waals surface area (Å²) in [5.74, 6) is -39.8. The van der Waals surface area contributed by atoms with Crippen molar-refractivity contribution in [3.63, 3.8) is 0 Å². The molecule has 0 bridgehead atoms. The Hall–Kier alpha value is -0.840. The molecule has 2 unspecified atom stereocenters. The van der Waals surface area contributed by atoms with Gasteiger partial charge >= 0.3 is 35.8 Å². The fourth-order valence-electron chi connectivity index (χ4n) is 2.16. The number of hydrogen-bond acceptors (Lipinski definition) is 2. The molecule has 0 aromatic carbocycles. The summed E-state index contributed by atoms with van der Waals surface area (Å²) in [6.45, 7) is -0.227. The molecule has 0 heterocycles. The van der Waals surface area contributed by atoms with Crippen molar-refractivity contribution < 1.29 is 70.9 Å². The van der Waals surface area contributed by atoms with Crippen LogP contribution >= 0.6 is 0 Å². The topological polar surface area (TPSA) is 40.1 Å². The average Bonchev–Trinajstić information content (AvgIpc) is 2.49. The first-order chi connectivity index (χ1) is 13.2. The Morgan fingerprint density at radius 3 is 1.48 bits per heavy atom. The Balaban J connectivity index is 5.62. The summed E-state index contributed by atoms with van der Waals surface area (Å²) in [4.78, 5) is 0. The molecule has 0 rings (SSSR count). The standard InChI is InChI=1S/C14H18F13NO2S/c1-28(2,3)6-8(29)7-31(30)5-4-9(15,16)10(17,18)11(19,20)12(21,22)13(23,24)14(25,26)27/h8H,4-7H2,1-3H3. The van der Waals surface area contributed by atoms with Crippen molar-refractivity contribution >= 4 is 10.8 Å². The van der Waals surface area contributed by atoms with E-state index in [-0.39, 0.29) is 11.0 Å². The molecule has 0 radical (unpaired) electrons. The van der Waals surface area contributed by atoms with Crippen LogP contribution in [0.4, 0.5) is 57.1 Å². The normalized spacial score (nSPS) is 17.6. The van der Waals surface area contributed by atoms with Crippen molar-refractivity contribution in [3.8, 4) is 0 Å². The van der Waals surface area contributed by atoms with Crippen LogP contribution in [0.15, 0.2) is 0 Å². The summed E-state index contributed by atoms with van der Waals surface area (Å²) in [7, 11) is 1.86. The van der Waals surface area contributed by atoms with Crippen LogP contribution in [0.25, 0.3) is 0 Å². The minimum absolute atomic E-state index is 0.00825. The number of alkyl halides is 13. The van der Waals surface area contributed by atoms with E-state index in [2.05, 4.69) is 0 Å². The second-order valence-electron chi connectivity index (χ2n) is 7.66. The smallest absolute Gasteiger partial charge is 0.460 e. The maximum Gasteiger partial charge on any atom is 0.460 e. The fourth-order valence-corrected chi connectivity index (χ4v) is 3.33. The predicted molar refractivity (Wildman–Crippen MR) is 80.0 cm³/mol. The lowest BCUT2D eigenvalue weighted by Gasteiger charge is -2.39. The third-order valence-electron chi connectivity index (χ3n) is 3.77. The van der Waals surface area contributed by atoms with Crippen LogP contribution in [0.1, 0.15) is 6.42 Å². The second-order valence-corrected chi connectivity index (χ2v) is 9.28. The average molecular weight is 511 g/mol. The molecule has 3 nitrogen and oxygen atoms in total. The van der Waals surface area contributed by atoms with Crippen LogP contribution in [-0.2, 0) is 10.8 Å². The molecular formula is C14H18F13NO2S. The first kappa shape index (κ1) is 30.2.